The third-order valence-electron chi connectivity index (χ3n) is 2.97. The molecule has 3 N–H and O–H groups in total. The van der Waals surface area contributed by atoms with Gasteiger partial charge in [-0.3, -0.25) is 4.90 Å². The van der Waals surface area contributed by atoms with Crippen LogP contribution in [-0.2, 0) is 4.79 Å². The lowest BCUT2D eigenvalue weighted by atomic mass is 10.3. The van der Waals surface area contributed by atoms with Crippen molar-refractivity contribution >= 4 is 5.97 Å². The Morgan fingerprint density at radius 3 is 2.17 bits per heavy atom. The molecule has 0 aromatic rings. The molecule has 1 aliphatic rings. The summed E-state index contributed by atoms with van der Waals surface area (Å²) in [5.41, 5.74) is 0. The number of hydrogen-bond donors (Lipinski definition) is 3. The normalized spacial score (nSPS) is 22.2. The zero-order chi connectivity index (χ0) is 13.1. The second-order valence-electron chi connectivity index (χ2n) is 4.61. The molecule has 1 rings (SSSR count). The Bertz CT molecular complexity index is 212. The van der Waals surface area contributed by atoms with E-state index in [9.17, 15) is 9.90 Å². The summed E-state index contributed by atoms with van der Waals surface area (Å²) in [4.78, 5) is 12.6. The number of nitrogens with one attached hydrogen (secondary N) is 3. The van der Waals surface area contributed by atoms with Crippen LogP contribution in [0, 0.1) is 0 Å². The fourth-order valence-corrected chi connectivity index (χ4v) is 2.01. The number of carboxylic acids is 1. The van der Waals surface area contributed by atoms with Gasteiger partial charge < -0.3 is 25.9 Å². The van der Waals surface area contributed by atoms with Crippen molar-refractivity contribution in [1.82, 2.24) is 20.9 Å². The minimum atomic E-state index is -0.992. The summed E-state index contributed by atoms with van der Waals surface area (Å²) in [6, 6.07) is 0. The maximum atomic E-state index is 10.6. The number of carbonyl (C=O) groups excluding carboxylic acids is 1. The van der Waals surface area contributed by atoms with E-state index in [-0.39, 0.29) is 6.54 Å². The van der Waals surface area contributed by atoms with Crippen LogP contribution in [0.4, 0.5) is 0 Å². The van der Waals surface area contributed by atoms with Crippen molar-refractivity contribution in [1.29, 1.82) is 0 Å². The second-order valence-corrected chi connectivity index (χ2v) is 4.61. The van der Waals surface area contributed by atoms with Gasteiger partial charge in [0.1, 0.15) is 0 Å². The van der Waals surface area contributed by atoms with E-state index in [0.717, 1.165) is 65.2 Å². The van der Waals surface area contributed by atoms with Crippen molar-refractivity contribution in [3.63, 3.8) is 0 Å². The van der Waals surface area contributed by atoms with Gasteiger partial charge in [-0.25, -0.2) is 0 Å². The van der Waals surface area contributed by atoms with E-state index in [1.54, 1.807) is 0 Å². The molecule has 0 spiro atoms. The van der Waals surface area contributed by atoms with Crippen molar-refractivity contribution in [2.24, 2.45) is 0 Å². The van der Waals surface area contributed by atoms with Crippen LogP contribution in [0.2, 0.25) is 0 Å². The molecule has 0 aromatic heterocycles. The van der Waals surface area contributed by atoms with Crippen molar-refractivity contribution in [3.8, 4) is 0 Å². The third kappa shape index (κ3) is 8.41. The Morgan fingerprint density at radius 2 is 1.50 bits per heavy atom. The molecule has 1 fully saturated rings. The summed E-state index contributed by atoms with van der Waals surface area (Å²) < 4.78 is 0. The van der Waals surface area contributed by atoms with Crippen molar-refractivity contribution in [2.45, 2.75) is 12.8 Å². The van der Waals surface area contributed by atoms with Gasteiger partial charge in [-0.15, -0.1) is 0 Å². The summed E-state index contributed by atoms with van der Waals surface area (Å²) in [7, 11) is 0. The maximum absolute atomic E-state index is 10.6. The molecule has 1 aliphatic heterocycles. The maximum Gasteiger partial charge on any atom is 0.0555 e. The molecule has 0 amide bonds. The second kappa shape index (κ2) is 10.3. The molecule has 0 atom stereocenters. The molecule has 1 heterocycles. The largest absolute Gasteiger partial charge is 0.549 e. The number of hydrogen-bond acceptors (Lipinski definition) is 6. The van der Waals surface area contributed by atoms with E-state index >= 15 is 0 Å². The molecular weight excluding hydrogens is 232 g/mol. The standard InChI is InChI=1S/C12H26N4O2/c17-12(18)11-16-9-2-5-14-7-6-13-3-1-4-15-8-10-16/h13-15H,1-11H2,(H,17,18)/p-1. The summed E-state index contributed by atoms with van der Waals surface area (Å²) in [5.74, 6) is -0.992. The number of aliphatic carboxylic acids is 1. The molecule has 1 saturated heterocycles. The molecular formula is C12H25N4O2-. The molecule has 0 radical (unpaired) electrons. The average molecular weight is 257 g/mol. The molecule has 0 bridgehead atoms. The van der Waals surface area contributed by atoms with Gasteiger partial charge in [0.25, 0.3) is 0 Å². The van der Waals surface area contributed by atoms with Gasteiger partial charge in [-0.1, -0.05) is 0 Å². The van der Waals surface area contributed by atoms with E-state index in [4.69, 9.17) is 0 Å². The van der Waals surface area contributed by atoms with E-state index in [1.165, 1.54) is 0 Å². The molecule has 0 aromatic carbocycles. The smallest absolute Gasteiger partial charge is 0.0555 e. The molecule has 6 heteroatoms. The first kappa shape index (κ1) is 15.4. The van der Waals surface area contributed by atoms with Crippen molar-refractivity contribution in [3.05, 3.63) is 0 Å². The lowest BCUT2D eigenvalue weighted by Crippen LogP contribution is -2.42. The lowest BCUT2D eigenvalue weighted by molar-refractivity contribution is -0.306. The molecule has 18 heavy (non-hydrogen) atoms. The van der Waals surface area contributed by atoms with Gasteiger partial charge in [-0.05, 0) is 39.0 Å². The van der Waals surface area contributed by atoms with E-state index < -0.39 is 5.97 Å². The number of carboxylic acid groups (broad SMARTS) is 1. The Balaban J connectivity index is 2.26. The van der Waals surface area contributed by atoms with Crippen molar-refractivity contribution in [2.75, 3.05) is 58.9 Å². The summed E-state index contributed by atoms with van der Waals surface area (Å²) in [5, 5.41) is 20.7. The highest BCUT2D eigenvalue weighted by molar-refractivity contribution is 5.66. The van der Waals surface area contributed by atoms with E-state index in [0.29, 0.717) is 0 Å². The van der Waals surface area contributed by atoms with Crippen LogP contribution in [0.15, 0.2) is 0 Å². The topological polar surface area (TPSA) is 79.5 Å². The van der Waals surface area contributed by atoms with Gasteiger partial charge in [0.2, 0.25) is 0 Å². The van der Waals surface area contributed by atoms with E-state index in [2.05, 4.69) is 16.0 Å². The fourth-order valence-electron chi connectivity index (χ4n) is 2.01. The van der Waals surface area contributed by atoms with Gasteiger partial charge in [0.15, 0.2) is 0 Å². The summed E-state index contributed by atoms with van der Waals surface area (Å²) >= 11 is 0. The van der Waals surface area contributed by atoms with Crippen LogP contribution in [0.3, 0.4) is 0 Å². The predicted octanol–water partition coefficient (Wildman–Crippen LogP) is -2.40. The highest BCUT2D eigenvalue weighted by Crippen LogP contribution is 1.90. The predicted molar refractivity (Wildman–Crippen MR) is 69.3 cm³/mol. The van der Waals surface area contributed by atoms with Gasteiger partial charge in [0.05, 0.1) is 5.97 Å². The average Bonchev–Trinajstić information content (AvgIpc) is 2.33. The molecule has 106 valence electrons. The van der Waals surface area contributed by atoms with Crippen LogP contribution in [0.25, 0.3) is 0 Å². The first-order chi connectivity index (χ1) is 8.79. The summed E-state index contributed by atoms with van der Waals surface area (Å²) in [6.07, 6.45) is 2.06. The lowest BCUT2D eigenvalue weighted by Gasteiger charge is -2.23. The van der Waals surface area contributed by atoms with Crippen molar-refractivity contribution < 1.29 is 9.90 Å². The quantitative estimate of drug-likeness (QED) is 0.512. The van der Waals surface area contributed by atoms with E-state index in [1.807, 2.05) is 4.90 Å². The van der Waals surface area contributed by atoms with Crippen LogP contribution < -0.4 is 21.1 Å². The highest BCUT2D eigenvalue weighted by Gasteiger charge is 2.05. The zero-order valence-corrected chi connectivity index (χ0v) is 11.0. The van der Waals surface area contributed by atoms with Gasteiger partial charge in [0, 0.05) is 32.7 Å². The van der Waals surface area contributed by atoms with Gasteiger partial charge in [-0.2, -0.15) is 0 Å². The Hall–Kier alpha value is -0.690. The number of carbonyl (C=O) groups is 1. The van der Waals surface area contributed by atoms with Gasteiger partial charge >= 0.3 is 0 Å². The fraction of sp³-hybridized carbons (Fsp3) is 0.917. The van der Waals surface area contributed by atoms with Crippen LogP contribution >= 0.6 is 0 Å². The highest BCUT2D eigenvalue weighted by atomic mass is 16.4. The van der Waals surface area contributed by atoms with Crippen LogP contribution in [-0.4, -0.2) is 69.8 Å². The minimum absolute atomic E-state index is 0.0310. The summed E-state index contributed by atoms with van der Waals surface area (Å²) in [6.45, 7) is 7.31. The minimum Gasteiger partial charge on any atom is -0.549 e. The Morgan fingerprint density at radius 1 is 0.889 bits per heavy atom. The SMILES string of the molecule is O=C([O-])CN1CCCNCCNCCCNCC1. The molecule has 0 aliphatic carbocycles. The first-order valence-corrected chi connectivity index (χ1v) is 6.83. The molecule has 6 nitrogen and oxygen atoms in total. The zero-order valence-electron chi connectivity index (χ0n) is 11.0. The number of rotatable bonds is 2. The monoisotopic (exact) mass is 257 g/mol. The first-order valence-electron chi connectivity index (χ1n) is 6.83. The molecule has 0 saturated carbocycles. The third-order valence-corrected chi connectivity index (χ3v) is 2.97. The Kier molecular flexibility index (Phi) is 8.75. The molecule has 0 unspecified atom stereocenters. The van der Waals surface area contributed by atoms with Crippen LogP contribution in [0.1, 0.15) is 12.8 Å². The Labute approximate surface area is 109 Å². The van der Waals surface area contributed by atoms with Crippen LogP contribution in [0.5, 0.6) is 0 Å². The number of nitrogens with zero attached hydrogens (tertiary/aromatic N) is 1.